The zero-order valence-corrected chi connectivity index (χ0v) is 25.1. The maximum atomic E-state index is 14.4. The van der Waals surface area contributed by atoms with Crippen LogP contribution in [0, 0.1) is 0 Å². The lowest BCUT2D eigenvalue weighted by atomic mass is 10.0. The molecule has 11 heteroatoms. The average Bonchev–Trinajstić information content (AvgIpc) is 3.48. The van der Waals surface area contributed by atoms with Crippen LogP contribution in [0.25, 0.3) is 10.8 Å². The Labute approximate surface area is 247 Å². The van der Waals surface area contributed by atoms with Crippen LogP contribution >= 0.6 is 0 Å². The number of carbonyl (C=O) groups excluding carboxylic acids is 3. The van der Waals surface area contributed by atoms with Crippen LogP contribution in [0.5, 0.6) is 0 Å². The molecule has 0 aliphatic carbocycles. The van der Waals surface area contributed by atoms with Gasteiger partial charge >= 0.3 is 6.03 Å². The Hall–Kier alpha value is -3.93. The summed E-state index contributed by atoms with van der Waals surface area (Å²) in [5, 5.41) is 8.92. The van der Waals surface area contributed by atoms with E-state index in [1.165, 1.54) is 11.3 Å². The highest BCUT2D eigenvalue weighted by molar-refractivity contribution is 5.90. The molecule has 0 bridgehead atoms. The molecule has 228 valence electrons. The molecule has 11 nitrogen and oxygen atoms in total. The molecule has 0 saturated carbocycles. The fourth-order valence-corrected chi connectivity index (χ4v) is 4.74. The molecule has 1 heterocycles. The number of likely N-dealkylation sites (N-methyl/N-ethyl adjacent to an activating group) is 1. The lowest BCUT2D eigenvalue weighted by Gasteiger charge is -2.36. The van der Waals surface area contributed by atoms with Gasteiger partial charge in [0.15, 0.2) is 6.29 Å². The summed E-state index contributed by atoms with van der Waals surface area (Å²) in [5.74, 6) is -0.210. The summed E-state index contributed by atoms with van der Waals surface area (Å²) in [5.41, 5.74) is 3.52. The van der Waals surface area contributed by atoms with Gasteiger partial charge in [-0.1, -0.05) is 42.5 Å². The number of rotatable bonds is 16. The zero-order chi connectivity index (χ0) is 30.5. The van der Waals surface area contributed by atoms with Gasteiger partial charge < -0.3 is 29.4 Å². The first kappa shape index (κ1) is 32.6. The van der Waals surface area contributed by atoms with Crippen LogP contribution < -0.4 is 16.1 Å². The van der Waals surface area contributed by atoms with Crippen molar-refractivity contribution in [2.24, 2.45) is 0 Å². The second-order valence-electron chi connectivity index (χ2n) is 9.85. The molecule has 2 unspecified atom stereocenters. The van der Waals surface area contributed by atoms with E-state index < -0.39 is 30.3 Å². The number of urea groups is 1. The smallest absolute Gasteiger partial charge is 0.329 e. The fourth-order valence-electron chi connectivity index (χ4n) is 4.74. The van der Waals surface area contributed by atoms with E-state index in [-0.39, 0.29) is 25.4 Å². The van der Waals surface area contributed by atoms with Gasteiger partial charge in [0, 0.05) is 39.8 Å². The summed E-state index contributed by atoms with van der Waals surface area (Å²) in [7, 11) is 1.57. The Balaban J connectivity index is 1.93. The molecule has 2 atom stereocenters. The van der Waals surface area contributed by atoms with E-state index in [2.05, 4.69) is 16.1 Å². The third-order valence-corrected chi connectivity index (χ3v) is 6.68. The Bertz CT molecular complexity index is 1270. The summed E-state index contributed by atoms with van der Waals surface area (Å²) in [6.07, 6.45) is 0.989. The molecule has 1 aromatic heterocycles. The van der Waals surface area contributed by atoms with E-state index in [1.807, 2.05) is 63.2 Å². The Morgan fingerprint density at radius 1 is 0.952 bits per heavy atom. The van der Waals surface area contributed by atoms with Gasteiger partial charge in [0.25, 0.3) is 0 Å². The number of benzene rings is 2. The van der Waals surface area contributed by atoms with Gasteiger partial charge in [0.2, 0.25) is 11.8 Å². The van der Waals surface area contributed by atoms with E-state index in [1.54, 1.807) is 31.0 Å². The van der Waals surface area contributed by atoms with Crippen molar-refractivity contribution in [1.29, 1.82) is 0 Å². The molecule has 0 aliphatic heterocycles. The Kier molecular flexibility index (Phi) is 12.8. The van der Waals surface area contributed by atoms with Gasteiger partial charge in [-0.25, -0.2) is 9.80 Å². The molecule has 3 rings (SSSR count). The van der Waals surface area contributed by atoms with Crippen molar-refractivity contribution in [1.82, 2.24) is 26.0 Å². The average molecular weight is 582 g/mol. The maximum absolute atomic E-state index is 14.4. The minimum absolute atomic E-state index is 0.137. The molecular weight excluding hydrogens is 538 g/mol. The summed E-state index contributed by atoms with van der Waals surface area (Å²) in [6.45, 7) is 8.78. The van der Waals surface area contributed by atoms with Gasteiger partial charge in [0.1, 0.15) is 11.8 Å². The van der Waals surface area contributed by atoms with Crippen LogP contribution in [0.2, 0.25) is 0 Å². The lowest BCUT2D eigenvalue weighted by Crippen LogP contribution is -2.56. The first-order chi connectivity index (χ1) is 20.3. The minimum atomic E-state index is -0.956. The molecule has 3 aromatic rings. The van der Waals surface area contributed by atoms with Crippen LogP contribution in [-0.2, 0) is 32.0 Å². The number of ether oxygens (including phenoxy) is 2. The van der Waals surface area contributed by atoms with Gasteiger partial charge in [-0.2, -0.15) is 0 Å². The topological polar surface area (TPSA) is 125 Å². The number of nitrogens with one attached hydrogen (secondary N) is 3. The summed E-state index contributed by atoms with van der Waals surface area (Å²) >= 11 is 0. The maximum Gasteiger partial charge on any atom is 0.329 e. The third-order valence-electron chi connectivity index (χ3n) is 6.68. The SMILES string of the molecule is CCNC(=O)NN(C)CC(=O)NC(Cc1ccco1)C(=O)N(Cc1cccc2ccccc12)C(C)C(OCC)OCC. The number of hydrogen-bond acceptors (Lipinski definition) is 7. The summed E-state index contributed by atoms with van der Waals surface area (Å²) in [6, 6.07) is 15.6. The molecule has 42 heavy (non-hydrogen) atoms. The highest BCUT2D eigenvalue weighted by Crippen LogP contribution is 2.23. The van der Waals surface area contributed by atoms with Gasteiger partial charge in [0.05, 0.1) is 18.8 Å². The normalized spacial score (nSPS) is 12.7. The van der Waals surface area contributed by atoms with Crippen LogP contribution in [-0.4, -0.2) is 79.5 Å². The second kappa shape index (κ2) is 16.5. The molecule has 3 N–H and O–H groups in total. The highest BCUT2D eigenvalue weighted by atomic mass is 16.7. The van der Waals surface area contributed by atoms with E-state index >= 15 is 0 Å². The van der Waals surface area contributed by atoms with Crippen LogP contribution in [0.3, 0.4) is 0 Å². The second-order valence-corrected chi connectivity index (χ2v) is 9.85. The highest BCUT2D eigenvalue weighted by Gasteiger charge is 2.34. The monoisotopic (exact) mass is 581 g/mol. The van der Waals surface area contributed by atoms with Crippen molar-refractivity contribution >= 4 is 28.6 Å². The van der Waals surface area contributed by atoms with Crippen molar-refractivity contribution in [2.75, 3.05) is 33.4 Å². The predicted molar refractivity (Wildman–Crippen MR) is 160 cm³/mol. The molecule has 2 aromatic carbocycles. The number of fused-ring (bicyclic) bond motifs is 1. The van der Waals surface area contributed by atoms with Gasteiger partial charge in [-0.15, -0.1) is 0 Å². The Morgan fingerprint density at radius 2 is 1.67 bits per heavy atom. The van der Waals surface area contributed by atoms with E-state index in [0.29, 0.717) is 25.5 Å². The molecule has 0 saturated heterocycles. The van der Waals surface area contributed by atoms with E-state index in [9.17, 15) is 14.4 Å². The predicted octanol–water partition coefficient (Wildman–Crippen LogP) is 3.44. The number of furan rings is 1. The molecule has 0 fully saturated rings. The zero-order valence-electron chi connectivity index (χ0n) is 25.1. The van der Waals surface area contributed by atoms with Crippen LogP contribution in [0.15, 0.2) is 65.3 Å². The number of amides is 4. The van der Waals surface area contributed by atoms with Crippen molar-refractivity contribution < 1.29 is 28.3 Å². The van der Waals surface area contributed by atoms with Gasteiger partial charge in [-0.05, 0) is 56.2 Å². The van der Waals surface area contributed by atoms with Crippen molar-refractivity contribution in [3.63, 3.8) is 0 Å². The van der Waals surface area contributed by atoms with E-state index in [4.69, 9.17) is 13.9 Å². The first-order valence-corrected chi connectivity index (χ1v) is 14.3. The van der Waals surface area contributed by atoms with E-state index in [0.717, 1.165) is 16.3 Å². The Morgan fingerprint density at radius 3 is 2.33 bits per heavy atom. The van der Waals surface area contributed by atoms with Crippen LogP contribution in [0.1, 0.15) is 39.0 Å². The van der Waals surface area contributed by atoms with Crippen molar-refractivity contribution in [3.8, 4) is 0 Å². The molecule has 0 radical (unpaired) electrons. The number of nitrogens with zero attached hydrogens (tertiary/aromatic N) is 2. The first-order valence-electron chi connectivity index (χ1n) is 14.3. The molecule has 4 amide bonds. The third kappa shape index (κ3) is 9.30. The standard InChI is InChI=1S/C31H43N5O6/c1-6-32-31(39)34-35(5)21-28(37)33-27(19-25-16-12-18-42-25)29(38)36(22(4)30(40-7-2)41-8-3)20-24-15-11-14-23-13-9-10-17-26(23)24/h9-18,22,27,30H,6-8,19-21H2,1-5H3,(H,33,37)(H2,32,34,39). The summed E-state index contributed by atoms with van der Waals surface area (Å²) in [4.78, 5) is 41.1. The molecular formula is C31H43N5O6. The largest absolute Gasteiger partial charge is 0.469 e. The number of carbonyl (C=O) groups is 3. The fraction of sp³-hybridized carbons (Fsp3) is 0.452. The van der Waals surface area contributed by atoms with Crippen molar-refractivity contribution in [3.05, 3.63) is 72.2 Å². The summed E-state index contributed by atoms with van der Waals surface area (Å²) < 4.78 is 17.4. The molecule has 0 spiro atoms. The molecule has 0 aliphatic rings. The number of hydrazine groups is 1. The quantitative estimate of drug-likeness (QED) is 0.175. The van der Waals surface area contributed by atoms with Gasteiger partial charge in [-0.3, -0.25) is 15.0 Å². The lowest BCUT2D eigenvalue weighted by molar-refractivity contribution is -0.179. The minimum Gasteiger partial charge on any atom is -0.469 e. The van der Waals surface area contributed by atoms with Crippen LogP contribution in [0.4, 0.5) is 4.79 Å². The number of hydrogen-bond donors (Lipinski definition) is 3. The van der Waals surface area contributed by atoms with Crippen molar-refractivity contribution in [2.45, 2.75) is 59.0 Å².